The number of rotatable bonds is 7. The van der Waals surface area contributed by atoms with Crippen LogP contribution < -0.4 is 5.32 Å². The molecule has 0 unspecified atom stereocenters. The topological polar surface area (TPSA) is 75.7 Å². The maximum absolute atomic E-state index is 12.3. The Morgan fingerprint density at radius 1 is 1.28 bits per heavy atom. The van der Waals surface area contributed by atoms with Crippen LogP contribution in [0.3, 0.4) is 0 Å². The van der Waals surface area contributed by atoms with E-state index in [1.54, 1.807) is 0 Å². The van der Waals surface area contributed by atoms with Crippen molar-refractivity contribution < 1.29 is 17.9 Å². The molecule has 7 heteroatoms. The van der Waals surface area contributed by atoms with Crippen molar-refractivity contribution in [2.45, 2.75) is 32.7 Å². The van der Waals surface area contributed by atoms with Crippen molar-refractivity contribution in [2.24, 2.45) is 5.92 Å². The van der Waals surface area contributed by atoms with E-state index in [9.17, 15) is 13.2 Å². The van der Waals surface area contributed by atoms with Crippen LogP contribution in [0.1, 0.15) is 23.1 Å². The lowest BCUT2D eigenvalue weighted by molar-refractivity contribution is -0.121. The Morgan fingerprint density at radius 3 is 2.64 bits per heavy atom. The van der Waals surface area contributed by atoms with Gasteiger partial charge in [-0.2, -0.15) is 0 Å². The van der Waals surface area contributed by atoms with E-state index in [4.69, 9.17) is 4.74 Å². The molecule has 140 valence electrons. The molecule has 0 bridgehead atoms. The van der Waals surface area contributed by atoms with Gasteiger partial charge in [-0.15, -0.1) is 0 Å². The molecule has 1 fully saturated rings. The molecule has 0 aromatic heterocycles. The molecule has 2 atom stereocenters. The van der Waals surface area contributed by atoms with Gasteiger partial charge in [-0.25, -0.2) is 12.7 Å². The number of aryl methyl sites for hydroxylation is 3. The fraction of sp³-hybridized carbons (Fsp3) is 0.611. The number of hydrogen-bond donors (Lipinski definition) is 1. The van der Waals surface area contributed by atoms with Gasteiger partial charge in [0.15, 0.2) is 0 Å². The largest absolute Gasteiger partial charge is 0.379 e. The summed E-state index contributed by atoms with van der Waals surface area (Å²) in [7, 11) is -0.280. The van der Waals surface area contributed by atoms with Gasteiger partial charge < -0.3 is 10.1 Å². The van der Waals surface area contributed by atoms with Gasteiger partial charge >= 0.3 is 0 Å². The molecule has 0 spiro atoms. The van der Waals surface area contributed by atoms with Crippen LogP contribution in [0.2, 0.25) is 0 Å². The molecule has 1 aliphatic rings. The molecule has 0 radical (unpaired) electrons. The number of nitrogens with one attached hydrogen (secondary N) is 1. The Morgan fingerprint density at radius 2 is 2.00 bits per heavy atom. The quantitative estimate of drug-likeness (QED) is 0.786. The SMILES string of the molecule is Cc1ccc(CCC(=O)N[C@H]2COC[C@H]2CS(=O)(=O)N(C)C)c(C)c1. The molecular weight excluding hydrogens is 340 g/mol. The monoisotopic (exact) mass is 368 g/mol. The van der Waals surface area contributed by atoms with Gasteiger partial charge in [0.05, 0.1) is 25.0 Å². The van der Waals surface area contributed by atoms with Crippen LogP contribution in [0.25, 0.3) is 0 Å². The zero-order valence-corrected chi connectivity index (χ0v) is 16.2. The van der Waals surface area contributed by atoms with Gasteiger partial charge in [0.1, 0.15) is 0 Å². The molecule has 1 heterocycles. The van der Waals surface area contributed by atoms with Crippen molar-refractivity contribution in [2.75, 3.05) is 33.1 Å². The number of sulfonamides is 1. The third-order valence-electron chi connectivity index (χ3n) is 4.65. The summed E-state index contributed by atoms with van der Waals surface area (Å²) in [5.74, 6) is -0.289. The molecule has 6 nitrogen and oxygen atoms in total. The average molecular weight is 368 g/mol. The second kappa shape index (κ2) is 8.29. The summed E-state index contributed by atoms with van der Waals surface area (Å²) in [6.07, 6.45) is 1.06. The Kier molecular flexibility index (Phi) is 6.59. The molecule has 1 aliphatic heterocycles. The Labute approximate surface area is 150 Å². The average Bonchev–Trinajstić information content (AvgIpc) is 2.92. The summed E-state index contributed by atoms with van der Waals surface area (Å²) >= 11 is 0. The number of carbonyl (C=O) groups is 1. The van der Waals surface area contributed by atoms with Crippen molar-refractivity contribution in [1.29, 1.82) is 0 Å². The zero-order valence-electron chi connectivity index (χ0n) is 15.4. The molecule has 1 N–H and O–H groups in total. The summed E-state index contributed by atoms with van der Waals surface area (Å²) in [4.78, 5) is 12.3. The third-order valence-corrected chi connectivity index (χ3v) is 6.61. The van der Waals surface area contributed by atoms with Gasteiger partial charge in [-0.05, 0) is 31.4 Å². The first kappa shape index (κ1) is 19.9. The molecule has 2 rings (SSSR count). The highest BCUT2D eigenvalue weighted by Gasteiger charge is 2.34. The van der Waals surface area contributed by atoms with E-state index < -0.39 is 10.0 Å². The van der Waals surface area contributed by atoms with Gasteiger partial charge in [-0.1, -0.05) is 23.8 Å². The van der Waals surface area contributed by atoms with Crippen LogP contribution in [0.5, 0.6) is 0 Å². The standard InChI is InChI=1S/C18H28N2O4S/c1-13-5-6-15(14(2)9-13)7-8-18(21)19-17-11-24-10-16(17)12-25(22,23)20(3)4/h5-6,9,16-17H,7-8,10-12H2,1-4H3,(H,19,21)/t16-,17-/m0/s1. The Bertz CT molecular complexity index is 716. The van der Waals surface area contributed by atoms with Gasteiger partial charge in [0.2, 0.25) is 15.9 Å². The number of carbonyl (C=O) groups excluding carboxylic acids is 1. The summed E-state index contributed by atoms with van der Waals surface area (Å²) in [5.41, 5.74) is 3.56. The van der Waals surface area contributed by atoms with Crippen LogP contribution in [0.4, 0.5) is 0 Å². The second-order valence-electron chi connectivity index (χ2n) is 6.96. The van der Waals surface area contributed by atoms with Crippen molar-refractivity contribution in [3.63, 3.8) is 0 Å². The van der Waals surface area contributed by atoms with Crippen LogP contribution >= 0.6 is 0 Å². The van der Waals surface area contributed by atoms with Crippen LogP contribution in [0.15, 0.2) is 18.2 Å². The maximum Gasteiger partial charge on any atom is 0.220 e. The van der Waals surface area contributed by atoms with E-state index in [2.05, 4.69) is 17.4 Å². The first-order chi connectivity index (χ1) is 11.7. The first-order valence-electron chi connectivity index (χ1n) is 8.52. The molecule has 1 amide bonds. The molecule has 0 aliphatic carbocycles. The number of nitrogens with zero attached hydrogens (tertiary/aromatic N) is 1. The van der Waals surface area contributed by atoms with Gasteiger partial charge in [0, 0.05) is 26.4 Å². The molecule has 1 aromatic carbocycles. The van der Waals surface area contributed by atoms with Gasteiger partial charge in [-0.3, -0.25) is 4.79 Å². The van der Waals surface area contributed by atoms with E-state index in [1.807, 2.05) is 19.9 Å². The number of amides is 1. The Balaban J connectivity index is 1.88. The first-order valence-corrected chi connectivity index (χ1v) is 10.1. The van der Waals surface area contributed by atoms with E-state index >= 15 is 0 Å². The highest BCUT2D eigenvalue weighted by molar-refractivity contribution is 7.89. The highest BCUT2D eigenvalue weighted by Crippen LogP contribution is 2.18. The second-order valence-corrected chi connectivity index (χ2v) is 9.19. The molecule has 1 aromatic rings. The Hall–Kier alpha value is -1.44. The molecule has 0 saturated carbocycles. The highest BCUT2D eigenvalue weighted by atomic mass is 32.2. The number of benzene rings is 1. The summed E-state index contributed by atoms with van der Waals surface area (Å²) in [6, 6.07) is 5.97. The lowest BCUT2D eigenvalue weighted by Gasteiger charge is -2.21. The summed E-state index contributed by atoms with van der Waals surface area (Å²) in [6.45, 7) is 4.82. The summed E-state index contributed by atoms with van der Waals surface area (Å²) < 4.78 is 30.7. The number of hydrogen-bond acceptors (Lipinski definition) is 4. The number of ether oxygens (including phenoxy) is 1. The lowest BCUT2D eigenvalue weighted by Crippen LogP contribution is -2.43. The minimum Gasteiger partial charge on any atom is -0.379 e. The molecular formula is C18H28N2O4S. The fourth-order valence-electron chi connectivity index (χ4n) is 3.00. The van der Waals surface area contributed by atoms with Crippen LogP contribution in [-0.4, -0.2) is 57.7 Å². The third kappa shape index (κ3) is 5.52. The normalized spacial score (nSPS) is 20.8. The van der Waals surface area contributed by atoms with Crippen molar-refractivity contribution in [3.05, 3.63) is 34.9 Å². The van der Waals surface area contributed by atoms with Gasteiger partial charge in [0.25, 0.3) is 0 Å². The smallest absolute Gasteiger partial charge is 0.220 e. The maximum atomic E-state index is 12.3. The fourth-order valence-corrected chi connectivity index (χ4v) is 4.16. The van der Waals surface area contributed by atoms with Crippen molar-refractivity contribution in [1.82, 2.24) is 9.62 Å². The zero-order chi connectivity index (χ0) is 18.6. The lowest BCUT2D eigenvalue weighted by atomic mass is 10.0. The van der Waals surface area contributed by atoms with E-state index in [0.29, 0.717) is 26.1 Å². The van der Waals surface area contributed by atoms with Crippen LogP contribution in [-0.2, 0) is 26.0 Å². The predicted molar refractivity (Wildman–Crippen MR) is 98.0 cm³/mol. The molecule has 25 heavy (non-hydrogen) atoms. The van der Waals surface area contributed by atoms with Crippen molar-refractivity contribution >= 4 is 15.9 Å². The minimum absolute atomic E-state index is 0.0119. The van der Waals surface area contributed by atoms with E-state index in [0.717, 1.165) is 5.56 Å². The predicted octanol–water partition coefficient (Wildman–Crippen LogP) is 1.26. The summed E-state index contributed by atoms with van der Waals surface area (Å²) in [5, 5.41) is 2.94. The van der Waals surface area contributed by atoms with Crippen LogP contribution in [0, 0.1) is 19.8 Å². The van der Waals surface area contributed by atoms with E-state index in [1.165, 1.54) is 29.5 Å². The van der Waals surface area contributed by atoms with E-state index in [-0.39, 0.29) is 23.6 Å². The van der Waals surface area contributed by atoms with Crippen molar-refractivity contribution in [3.8, 4) is 0 Å². The molecule has 1 saturated heterocycles. The minimum atomic E-state index is -3.31.